The monoisotopic (exact) mass is 1550 g/mol. The van der Waals surface area contributed by atoms with E-state index in [0.29, 0.717) is 92.2 Å². The molecule has 3 atom stereocenters. The molecule has 3 fully saturated rings. The number of benzene rings is 6. The second-order valence-corrected chi connectivity index (χ2v) is 29.7. The van der Waals surface area contributed by atoms with Crippen LogP contribution < -0.4 is 32.0 Å². The summed E-state index contributed by atoms with van der Waals surface area (Å²) in [5, 5.41) is 26.5. The molecule has 3 aliphatic heterocycles. The zero-order valence-corrected chi connectivity index (χ0v) is 65.1. The topological polar surface area (TPSA) is 295 Å². The molecule has 113 heavy (non-hydrogen) atoms. The van der Waals surface area contributed by atoms with Gasteiger partial charge in [0.1, 0.15) is 39.9 Å². The number of likely N-dealkylation sites (tertiary alicyclic amines) is 3. The fraction of sp³-hybridized carbons (Fsp3) is 0.271. The molecule has 0 unspecified atom stereocenters. The summed E-state index contributed by atoms with van der Waals surface area (Å²) in [7, 11) is -1.35. The van der Waals surface area contributed by atoms with Crippen LogP contribution in [0.4, 0.5) is 9.59 Å². The summed E-state index contributed by atoms with van der Waals surface area (Å²) in [5.41, 5.74) is 8.72. The van der Waals surface area contributed by atoms with Crippen LogP contribution in [0.2, 0.25) is 0 Å². The summed E-state index contributed by atoms with van der Waals surface area (Å²) in [6.45, 7) is 26.6. The van der Waals surface area contributed by atoms with Gasteiger partial charge in [-0.1, -0.05) is 67.3 Å². The number of phenolic OH excluding ortho intramolecular Hbond substituents is 1. The van der Waals surface area contributed by atoms with Crippen LogP contribution in [-0.4, -0.2) is 153 Å². The lowest BCUT2D eigenvalue weighted by atomic mass is 9.80. The Balaban J connectivity index is 0.000000153. The van der Waals surface area contributed by atoms with Gasteiger partial charge >= 0.3 is 36.4 Å². The number of carbonyl (C=O) groups excluding carboxylic acids is 4. The lowest BCUT2D eigenvalue weighted by Gasteiger charge is -2.24. The van der Waals surface area contributed by atoms with Crippen LogP contribution in [0.25, 0.3) is 50.2 Å². The van der Waals surface area contributed by atoms with Gasteiger partial charge in [-0.15, -0.1) is 0 Å². The first kappa shape index (κ1) is 81.4. The molecule has 0 spiro atoms. The number of ether oxygens (including phenoxy) is 4. The van der Waals surface area contributed by atoms with Crippen molar-refractivity contribution in [3.8, 4) is 45.8 Å². The van der Waals surface area contributed by atoms with Gasteiger partial charge in [-0.05, 0) is 237 Å². The van der Waals surface area contributed by atoms with Gasteiger partial charge in [-0.2, -0.15) is 0 Å². The summed E-state index contributed by atoms with van der Waals surface area (Å²) < 4.78 is 33.1. The quantitative estimate of drug-likeness (QED) is 0.0549. The number of aromatic hydroxyl groups is 1. The third-order valence-electron chi connectivity index (χ3n) is 18.7. The first-order chi connectivity index (χ1) is 53.9. The van der Waals surface area contributed by atoms with Crippen molar-refractivity contribution in [2.24, 2.45) is 0 Å². The van der Waals surface area contributed by atoms with E-state index in [1.54, 1.807) is 122 Å². The average molecular weight is 1550 g/mol. The summed E-state index contributed by atoms with van der Waals surface area (Å²) in [4.78, 5) is 105. The van der Waals surface area contributed by atoms with E-state index in [4.69, 9.17) is 40.6 Å². The second-order valence-electron chi connectivity index (χ2n) is 29.4. The molecule has 6 aromatic carbocycles. The number of rotatable bonds is 13. The number of hydrogen-bond donors (Lipinski definition) is 3. The fourth-order valence-corrected chi connectivity index (χ4v) is 13.6. The minimum atomic E-state index is -1.35. The number of aryl methyl sites for hydroxylation is 3. The molecule has 15 rings (SSSR count). The Bertz CT molecular complexity index is 5620. The number of allylic oxidation sites excluding steroid dienone is 1. The van der Waals surface area contributed by atoms with Gasteiger partial charge in [0.15, 0.2) is 0 Å². The van der Waals surface area contributed by atoms with Gasteiger partial charge in [0.05, 0.1) is 86.9 Å². The number of halogens is 1. The molecule has 3 amide bonds. The van der Waals surface area contributed by atoms with E-state index in [1.807, 2.05) is 184 Å². The molecule has 584 valence electrons. The molecule has 3 aliphatic rings. The highest BCUT2D eigenvalue weighted by Gasteiger charge is 2.36. The van der Waals surface area contributed by atoms with Crippen LogP contribution in [0.5, 0.6) is 28.7 Å². The number of carbonyl (C=O) groups is 4. The molecule has 0 aliphatic carbocycles. The molecule has 28 heteroatoms. The van der Waals surface area contributed by atoms with Crippen molar-refractivity contribution in [1.82, 2.24) is 57.1 Å². The Labute approximate surface area is 658 Å². The van der Waals surface area contributed by atoms with E-state index in [0.717, 1.165) is 67.7 Å². The normalized spacial score (nSPS) is 15.2. The Morgan fingerprint density at radius 1 is 0.460 bits per heavy atom. The van der Waals surface area contributed by atoms with Crippen molar-refractivity contribution in [2.75, 3.05) is 39.3 Å². The summed E-state index contributed by atoms with van der Waals surface area (Å²) in [6.07, 6.45) is 13.8. The number of imidazole rings is 3. The summed E-state index contributed by atoms with van der Waals surface area (Å²) >= 11 is 4.71. The Morgan fingerprint density at radius 2 is 0.796 bits per heavy atom. The van der Waals surface area contributed by atoms with Crippen LogP contribution in [0.3, 0.4) is 0 Å². The Kier molecular flexibility index (Phi) is 25.7. The van der Waals surface area contributed by atoms with Crippen molar-refractivity contribution in [3.63, 3.8) is 0 Å². The van der Waals surface area contributed by atoms with Gasteiger partial charge in [0.2, 0.25) is 11.1 Å². The minimum absolute atomic E-state index is 0.100. The second kappa shape index (κ2) is 35.6. The van der Waals surface area contributed by atoms with Crippen molar-refractivity contribution < 1.29 is 53.3 Å². The smallest absolute Gasteiger partial charge is 0.488 e. The number of aromatic nitrogens is 9. The maximum atomic E-state index is 13.7. The number of hydrogen-bond acceptors (Lipinski definition) is 17. The van der Waals surface area contributed by atoms with Crippen molar-refractivity contribution >= 4 is 80.6 Å². The fourth-order valence-electron chi connectivity index (χ4n) is 13.6. The third kappa shape index (κ3) is 20.0. The Morgan fingerprint density at radius 3 is 1.12 bits per heavy atom. The zero-order valence-electron chi connectivity index (χ0n) is 64.4. The number of phenols is 1. The van der Waals surface area contributed by atoms with E-state index >= 15 is 0 Å². The minimum Gasteiger partial charge on any atom is -0.508 e. The highest BCUT2D eigenvalue weighted by Crippen LogP contribution is 2.33. The molecule has 6 aromatic heterocycles. The van der Waals surface area contributed by atoms with E-state index in [1.165, 1.54) is 6.08 Å². The van der Waals surface area contributed by atoms with Crippen molar-refractivity contribution in [2.45, 2.75) is 111 Å². The molecular formula is C85H90BClN12O14. The average Bonchev–Trinajstić information content (AvgIpc) is 1.61. The van der Waals surface area contributed by atoms with Crippen LogP contribution in [0.1, 0.15) is 95.6 Å². The lowest BCUT2D eigenvalue weighted by Crippen LogP contribution is -2.36. The number of nitrogens with zero attached hydrogens (tertiary/aromatic N) is 12. The molecule has 3 N–H and O–H groups in total. The molecule has 26 nitrogen and oxygen atoms in total. The van der Waals surface area contributed by atoms with E-state index < -0.39 is 23.6 Å². The highest BCUT2D eigenvalue weighted by molar-refractivity contribution is 6.66. The molecule has 12 aromatic rings. The number of fused-ring (bicyclic) bond motifs is 3. The third-order valence-corrected chi connectivity index (χ3v) is 18.8. The number of amides is 3. The highest BCUT2D eigenvalue weighted by atomic mass is 35.5. The number of pyridine rings is 3. The van der Waals surface area contributed by atoms with Crippen LogP contribution in [0, 0.1) is 20.8 Å². The molecule has 0 bridgehead atoms. The van der Waals surface area contributed by atoms with E-state index in [-0.39, 0.29) is 59.0 Å². The van der Waals surface area contributed by atoms with Gasteiger partial charge in [-0.25, -0.2) is 24.0 Å². The molecule has 0 radical (unpaired) electrons. The van der Waals surface area contributed by atoms with Gasteiger partial charge in [-0.3, -0.25) is 51.9 Å². The van der Waals surface area contributed by atoms with Gasteiger partial charge < -0.3 is 48.8 Å². The van der Waals surface area contributed by atoms with Crippen LogP contribution >= 0.6 is 11.6 Å². The molecule has 0 saturated carbocycles. The molecule has 9 heterocycles. The largest absolute Gasteiger partial charge is 0.508 e. The van der Waals surface area contributed by atoms with Gasteiger partial charge in [0.25, 0.3) is 0 Å². The standard InChI is InChI=1S/C28H30N4O4.C26H24N4O3.C21H24N4O4.C7H9BO2.C3H3ClO/c1-19-6-5-7-23(16-19)35-22-10-8-20(9-11-22)31-25-17-29-14-12-24(25)32(26(31)33)21-13-15-30(18-21)27(34)36-28(2,3)4;1-3-25(31)28-14-12-20(17-28)30-23-11-13-27-16-24(23)29(26(30)32)19-7-9-21(10-8-19)33-22-6-4-5-18(2)15-22;1-21(2,3)29-20(28)23-11-9-15(13-23)25-17-8-10-22-12-18(17)24(19(25)27)14-4-6-16(26)7-5-14;1-6-3-2-4-7(5-6)8(9)10;1-2-3(4)5/h5-12,14,16-17,21H,13,15,18H2,1-4H3;3-11,13,15-16,20H,1,12,14,17H2,2H3;4-8,10,12,15,26H,9,11,13H2,1-3H3;2-5,9-10H,1H3;2H,1H2/t21-;20-;15-;;/m111../s1. The van der Waals surface area contributed by atoms with Crippen molar-refractivity contribution in [1.29, 1.82) is 0 Å². The first-order valence-electron chi connectivity index (χ1n) is 36.8. The summed E-state index contributed by atoms with van der Waals surface area (Å²) in [6, 6.07) is 49.3. The maximum Gasteiger partial charge on any atom is 0.488 e. The molecule has 3 saturated heterocycles. The molecular weight excluding hydrogens is 1460 g/mol. The van der Waals surface area contributed by atoms with Crippen LogP contribution in [-0.2, 0) is 19.1 Å². The van der Waals surface area contributed by atoms with E-state index in [2.05, 4.69) is 28.1 Å². The zero-order chi connectivity index (χ0) is 81.0. The Hall–Kier alpha value is -12.6. The predicted molar refractivity (Wildman–Crippen MR) is 436 cm³/mol. The van der Waals surface area contributed by atoms with Crippen LogP contribution in [0.15, 0.2) is 241 Å². The first-order valence-corrected chi connectivity index (χ1v) is 37.2. The SMILES string of the molecule is C=CC(=O)Cl.C=CC(=O)N1CC[C@@H](n2c(=O)n(-c3ccc(Oc4cccc(C)c4)cc3)c3cnccc32)C1.CC(C)(C)OC(=O)N1CC[C@@H](n2c(=O)n(-c3ccc(O)cc3)c3cnccc32)C1.Cc1cccc(B(O)O)c1.Cc1cccc(Oc2ccc(-n3c(=O)n([C@@H]4CCN(C(=O)OC(C)(C)C)C4)c4ccncc43)cc2)c1. The van der Waals surface area contributed by atoms with Gasteiger partial charge in [0, 0.05) is 57.9 Å². The maximum absolute atomic E-state index is 13.7. The van der Waals surface area contributed by atoms with E-state index in [9.17, 15) is 38.7 Å². The predicted octanol–water partition coefficient (Wildman–Crippen LogP) is 13.4. The van der Waals surface area contributed by atoms with Crippen molar-refractivity contribution in [3.05, 3.63) is 274 Å². The lowest BCUT2D eigenvalue weighted by molar-refractivity contribution is -0.125. The summed E-state index contributed by atoms with van der Waals surface area (Å²) in [5.74, 6) is 2.92.